The van der Waals surface area contributed by atoms with Crippen LogP contribution in [-0.2, 0) is 13.5 Å². The van der Waals surface area contributed by atoms with E-state index in [2.05, 4.69) is 34.3 Å². The fourth-order valence-corrected chi connectivity index (χ4v) is 1.80. The fraction of sp³-hybridized carbons (Fsp3) is 0.462. The molecule has 0 radical (unpaired) electrons. The van der Waals surface area contributed by atoms with Crippen molar-refractivity contribution >= 4 is 5.82 Å². The average molecular weight is 260 g/mol. The summed E-state index contributed by atoms with van der Waals surface area (Å²) in [6.45, 7) is 4.38. The minimum Gasteiger partial charge on any atom is -0.308 e. The summed E-state index contributed by atoms with van der Waals surface area (Å²) in [7, 11) is 1.88. The number of nitrogens with two attached hydrogens (primary N) is 1. The number of nitrogens with one attached hydrogen (secondary N) is 1. The first kappa shape index (κ1) is 13.5. The van der Waals surface area contributed by atoms with Crippen LogP contribution in [-0.4, -0.2) is 19.7 Å². The van der Waals surface area contributed by atoms with Crippen molar-refractivity contribution in [2.45, 2.75) is 26.7 Å². The summed E-state index contributed by atoms with van der Waals surface area (Å²) >= 11 is 0. The summed E-state index contributed by atoms with van der Waals surface area (Å²) in [6.07, 6.45) is 5.62. The maximum Gasteiger partial charge on any atom is 0.144 e. The molecule has 0 aliphatic heterocycles. The van der Waals surface area contributed by atoms with E-state index < -0.39 is 0 Å². The van der Waals surface area contributed by atoms with E-state index >= 15 is 0 Å². The molecule has 0 aliphatic rings. The molecule has 19 heavy (non-hydrogen) atoms. The molecule has 0 bridgehead atoms. The first-order valence-corrected chi connectivity index (χ1v) is 6.42. The normalized spacial score (nSPS) is 11.0. The van der Waals surface area contributed by atoms with Crippen molar-refractivity contribution in [1.29, 1.82) is 0 Å². The Kier molecular flexibility index (Phi) is 4.11. The predicted octanol–water partition coefficient (Wildman–Crippen LogP) is 1.75. The highest BCUT2D eigenvalue weighted by molar-refractivity contribution is 5.60. The number of hydrazine groups is 1. The number of hydrogen-bond donors (Lipinski definition) is 2. The van der Waals surface area contributed by atoms with Crippen LogP contribution in [0.25, 0.3) is 11.3 Å². The molecule has 2 heterocycles. The Labute approximate surface area is 113 Å². The topological polar surface area (TPSA) is 81.6 Å². The van der Waals surface area contributed by atoms with Crippen LogP contribution < -0.4 is 11.3 Å². The van der Waals surface area contributed by atoms with Crippen LogP contribution in [0.15, 0.2) is 18.5 Å². The quantitative estimate of drug-likeness (QED) is 0.632. The lowest BCUT2D eigenvalue weighted by molar-refractivity contribution is 0.575. The smallest absolute Gasteiger partial charge is 0.144 e. The summed E-state index contributed by atoms with van der Waals surface area (Å²) in [5.74, 6) is 7.53. The Morgan fingerprint density at radius 1 is 1.37 bits per heavy atom. The highest BCUT2D eigenvalue weighted by Gasteiger charge is 2.08. The van der Waals surface area contributed by atoms with E-state index in [-0.39, 0.29) is 0 Å². The summed E-state index contributed by atoms with van der Waals surface area (Å²) in [6, 6.07) is 1.83. The predicted molar refractivity (Wildman–Crippen MR) is 75.2 cm³/mol. The molecule has 3 N–H and O–H groups in total. The van der Waals surface area contributed by atoms with Gasteiger partial charge >= 0.3 is 0 Å². The van der Waals surface area contributed by atoms with E-state index in [9.17, 15) is 0 Å². The lowest BCUT2D eigenvalue weighted by atomic mass is 10.1. The molecule has 0 aliphatic carbocycles. The van der Waals surface area contributed by atoms with Gasteiger partial charge in [-0.25, -0.2) is 15.8 Å². The highest BCUT2D eigenvalue weighted by Crippen LogP contribution is 2.19. The van der Waals surface area contributed by atoms with Crippen LogP contribution in [0.3, 0.4) is 0 Å². The molecule has 2 rings (SSSR count). The molecule has 0 amide bonds. The maximum atomic E-state index is 5.47. The zero-order valence-electron chi connectivity index (χ0n) is 11.6. The Hall–Kier alpha value is -1.95. The summed E-state index contributed by atoms with van der Waals surface area (Å²) in [4.78, 5) is 8.96. The SMILES string of the molecule is CC(C)CCc1nc(NN)cc(-c2cnn(C)c2)n1. The van der Waals surface area contributed by atoms with E-state index in [4.69, 9.17) is 5.84 Å². The van der Waals surface area contributed by atoms with Gasteiger partial charge < -0.3 is 5.43 Å². The second kappa shape index (κ2) is 5.79. The van der Waals surface area contributed by atoms with E-state index in [1.807, 2.05) is 19.3 Å². The molecule has 6 nitrogen and oxygen atoms in total. The van der Waals surface area contributed by atoms with Crippen molar-refractivity contribution in [1.82, 2.24) is 19.7 Å². The Morgan fingerprint density at radius 3 is 2.74 bits per heavy atom. The molecular weight excluding hydrogens is 240 g/mol. The maximum absolute atomic E-state index is 5.47. The molecule has 0 unspecified atom stereocenters. The first-order chi connectivity index (χ1) is 9.08. The molecule has 2 aromatic heterocycles. The number of aromatic nitrogens is 4. The summed E-state index contributed by atoms with van der Waals surface area (Å²) < 4.78 is 1.75. The minimum atomic E-state index is 0.625. The number of rotatable bonds is 5. The lowest BCUT2D eigenvalue weighted by Gasteiger charge is -2.08. The van der Waals surface area contributed by atoms with Crippen molar-refractivity contribution in [3.05, 3.63) is 24.3 Å². The van der Waals surface area contributed by atoms with Crippen LogP contribution in [0.2, 0.25) is 0 Å². The second-order valence-electron chi connectivity index (χ2n) is 5.03. The zero-order valence-corrected chi connectivity index (χ0v) is 11.6. The fourth-order valence-electron chi connectivity index (χ4n) is 1.80. The molecule has 102 valence electrons. The lowest BCUT2D eigenvalue weighted by Crippen LogP contribution is -2.11. The van der Waals surface area contributed by atoms with Gasteiger partial charge in [0.1, 0.15) is 11.6 Å². The van der Waals surface area contributed by atoms with Crippen molar-refractivity contribution in [3.8, 4) is 11.3 Å². The van der Waals surface area contributed by atoms with Crippen LogP contribution in [0.5, 0.6) is 0 Å². The van der Waals surface area contributed by atoms with Gasteiger partial charge in [-0.05, 0) is 12.3 Å². The van der Waals surface area contributed by atoms with Gasteiger partial charge in [0.15, 0.2) is 0 Å². The molecule has 0 saturated heterocycles. The van der Waals surface area contributed by atoms with E-state index in [0.717, 1.165) is 29.9 Å². The van der Waals surface area contributed by atoms with Gasteiger partial charge in [-0.1, -0.05) is 13.8 Å². The van der Waals surface area contributed by atoms with Gasteiger partial charge in [-0.2, -0.15) is 5.10 Å². The van der Waals surface area contributed by atoms with E-state index in [1.165, 1.54) is 0 Å². The summed E-state index contributed by atoms with van der Waals surface area (Å²) in [5, 5.41) is 4.16. The second-order valence-corrected chi connectivity index (χ2v) is 5.03. The van der Waals surface area contributed by atoms with E-state index in [1.54, 1.807) is 10.9 Å². The van der Waals surface area contributed by atoms with Gasteiger partial charge in [0.2, 0.25) is 0 Å². The largest absolute Gasteiger partial charge is 0.308 e. The number of nitrogens with zero attached hydrogens (tertiary/aromatic N) is 4. The number of nitrogen functional groups attached to an aromatic ring is 1. The Bertz CT molecular complexity index is 546. The van der Waals surface area contributed by atoms with Crippen LogP contribution in [0.4, 0.5) is 5.82 Å². The molecule has 2 aromatic rings. The molecule has 0 atom stereocenters. The van der Waals surface area contributed by atoms with Crippen LogP contribution in [0, 0.1) is 5.92 Å². The van der Waals surface area contributed by atoms with Gasteiger partial charge in [0.25, 0.3) is 0 Å². The third-order valence-electron chi connectivity index (χ3n) is 2.87. The van der Waals surface area contributed by atoms with Crippen LogP contribution >= 0.6 is 0 Å². The third-order valence-corrected chi connectivity index (χ3v) is 2.87. The molecule has 0 saturated carbocycles. The monoisotopic (exact) mass is 260 g/mol. The van der Waals surface area contributed by atoms with Gasteiger partial charge in [-0.3, -0.25) is 4.68 Å². The van der Waals surface area contributed by atoms with Crippen molar-refractivity contribution < 1.29 is 0 Å². The van der Waals surface area contributed by atoms with Crippen molar-refractivity contribution in [2.24, 2.45) is 18.8 Å². The summed E-state index contributed by atoms with van der Waals surface area (Å²) in [5.41, 5.74) is 4.40. The number of anilines is 1. The Balaban J connectivity index is 2.30. The zero-order chi connectivity index (χ0) is 13.8. The number of hydrogen-bond acceptors (Lipinski definition) is 5. The Morgan fingerprint density at radius 2 is 2.16 bits per heavy atom. The number of aryl methyl sites for hydroxylation is 2. The third kappa shape index (κ3) is 3.51. The van der Waals surface area contributed by atoms with Crippen LogP contribution in [0.1, 0.15) is 26.1 Å². The van der Waals surface area contributed by atoms with Crippen molar-refractivity contribution in [2.75, 3.05) is 5.43 Å². The van der Waals surface area contributed by atoms with E-state index in [0.29, 0.717) is 11.7 Å². The van der Waals surface area contributed by atoms with Gasteiger partial charge in [0, 0.05) is 31.3 Å². The first-order valence-electron chi connectivity index (χ1n) is 6.42. The highest BCUT2D eigenvalue weighted by atomic mass is 15.3. The average Bonchev–Trinajstić information content (AvgIpc) is 2.82. The molecule has 0 spiro atoms. The van der Waals surface area contributed by atoms with Crippen molar-refractivity contribution in [3.63, 3.8) is 0 Å². The van der Waals surface area contributed by atoms with Gasteiger partial charge in [-0.15, -0.1) is 0 Å². The molecule has 0 aromatic carbocycles. The minimum absolute atomic E-state index is 0.625. The standard InChI is InChI=1S/C13H20N6/c1-9(2)4-5-12-16-11(6-13(17-12)18-14)10-7-15-19(3)8-10/h6-9H,4-5,14H2,1-3H3,(H,16,17,18). The molecular formula is C13H20N6. The molecule has 6 heteroatoms. The van der Waals surface area contributed by atoms with Gasteiger partial charge in [0.05, 0.1) is 11.9 Å². The molecule has 0 fully saturated rings.